The second kappa shape index (κ2) is 3.29. The van der Waals surface area contributed by atoms with Gasteiger partial charge in [0.15, 0.2) is 11.6 Å². The van der Waals surface area contributed by atoms with Gasteiger partial charge in [0, 0.05) is 12.4 Å². The highest BCUT2D eigenvalue weighted by molar-refractivity contribution is 5.93. The van der Waals surface area contributed by atoms with Crippen molar-refractivity contribution in [3.8, 4) is 5.75 Å². The lowest BCUT2D eigenvalue weighted by Crippen LogP contribution is -2.17. The Morgan fingerprint density at radius 1 is 1.38 bits per heavy atom. The van der Waals surface area contributed by atoms with Crippen LogP contribution in [0.25, 0.3) is 10.9 Å². The fourth-order valence-corrected chi connectivity index (χ4v) is 1.54. The fourth-order valence-electron chi connectivity index (χ4n) is 1.54. The minimum atomic E-state index is -4.73. The second-order valence-electron chi connectivity index (χ2n) is 3.21. The summed E-state index contributed by atoms with van der Waals surface area (Å²) in [6.07, 6.45) is -4.73. The van der Waals surface area contributed by atoms with E-state index in [9.17, 15) is 13.2 Å². The number of hydrogen-bond donors (Lipinski definition) is 1. The normalized spacial score (nSPS) is 12.0. The molecular weight excluding hydrogens is 223 g/mol. The summed E-state index contributed by atoms with van der Waals surface area (Å²) in [5.74, 6) is -0.137. The SMILES string of the molecule is Cn1nc(N)c2cccc(OC(F)(F)F)c21. The van der Waals surface area contributed by atoms with Crippen molar-refractivity contribution >= 4 is 16.7 Å². The number of ether oxygens (including phenoxy) is 1. The summed E-state index contributed by atoms with van der Waals surface area (Å²) in [7, 11) is 1.50. The molecule has 0 aliphatic carbocycles. The number of nitrogens with two attached hydrogens (primary N) is 1. The molecule has 0 saturated heterocycles. The third kappa shape index (κ3) is 1.75. The van der Waals surface area contributed by atoms with E-state index in [1.54, 1.807) is 6.07 Å². The van der Waals surface area contributed by atoms with Crippen LogP contribution >= 0.6 is 0 Å². The largest absolute Gasteiger partial charge is 0.573 e. The van der Waals surface area contributed by atoms with Crippen molar-refractivity contribution in [2.24, 2.45) is 7.05 Å². The lowest BCUT2D eigenvalue weighted by molar-refractivity contribution is -0.274. The van der Waals surface area contributed by atoms with Crippen LogP contribution in [-0.4, -0.2) is 16.1 Å². The van der Waals surface area contributed by atoms with Crippen LogP contribution in [0.3, 0.4) is 0 Å². The van der Waals surface area contributed by atoms with Gasteiger partial charge in [0.2, 0.25) is 0 Å². The Bertz CT molecular complexity index is 533. The molecule has 0 saturated carbocycles. The van der Waals surface area contributed by atoms with Gasteiger partial charge in [-0.15, -0.1) is 13.2 Å². The van der Waals surface area contributed by atoms with Crippen LogP contribution in [0.2, 0.25) is 0 Å². The van der Waals surface area contributed by atoms with Crippen molar-refractivity contribution in [2.75, 3.05) is 5.73 Å². The number of hydrogen-bond acceptors (Lipinski definition) is 3. The van der Waals surface area contributed by atoms with E-state index in [1.165, 1.54) is 23.9 Å². The average molecular weight is 231 g/mol. The molecule has 1 aromatic carbocycles. The predicted molar refractivity (Wildman–Crippen MR) is 51.8 cm³/mol. The first-order valence-electron chi connectivity index (χ1n) is 4.35. The number of alkyl halides is 3. The Balaban J connectivity index is 2.62. The predicted octanol–water partition coefficient (Wildman–Crippen LogP) is 2.05. The summed E-state index contributed by atoms with van der Waals surface area (Å²) in [6.45, 7) is 0. The Hall–Kier alpha value is -1.92. The van der Waals surface area contributed by atoms with Gasteiger partial charge in [-0.05, 0) is 12.1 Å². The van der Waals surface area contributed by atoms with E-state index in [2.05, 4.69) is 9.84 Å². The topological polar surface area (TPSA) is 53.1 Å². The molecule has 0 fully saturated rings. The number of para-hydroxylation sites is 1. The summed E-state index contributed by atoms with van der Waals surface area (Å²) in [6, 6.07) is 4.24. The summed E-state index contributed by atoms with van der Waals surface area (Å²) >= 11 is 0. The van der Waals surface area contributed by atoms with Gasteiger partial charge in [0.1, 0.15) is 5.52 Å². The van der Waals surface area contributed by atoms with Crippen LogP contribution in [0.5, 0.6) is 5.75 Å². The van der Waals surface area contributed by atoms with Gasteiger partial charge in [0.25, 0.3) is 0 Å². The Labute approximate surface area is 88.4 Å². The molecule has 0 aliphatic rings. The van der Waals surface area contributed by atoms with Crippen LogP contribution in [0.15, 0.2) is 18.2 Å². The first kappa shape index (κ1) is 10.6. The third-order valence-corrected chi connectivity index (χ3v) is 2.08. The van der Waals surface area contributed by atoms with E-state index in [1.807, 2.05) is 0 Å². The van der Waals surface area contributed by atoms with Crippen molar-refractivity contribution in [3.63, 3.8) is 0 Å². The second-order valence-corrected chi connectivity index (χ2v) is 3.21. The highest BCUT2D eigenvalue weighted by Crippen LogP contribution is 2.32. The van der Waals surface area contributed by atoms with E-state index < -0.39 is 6.36 Å². The van der Waals surface area contributed by atoms with Crippen LogP contribution in [0.1, 0.15) is 0 Å². The van der Waals surface area contributed by atoms with Crippen molar-refractivity contribution in [2.45, 2.75) is 6.36 Å². The highest BCUT2D eigenvalue weighted by atomic mass is 19.4. The Morgan fingerprint density at radius 2 is 2.06 bits per heavy atom. The molecule has 16 heavy (non-hydrogen) atoms. The zero-order chi connectivity index (χ0) is 11.9. The Kier molecular flexibility index (Phi) is 2.18. The minimum Gasteiger partial charge on any atom is -0.403 e. The number of benzene rings is 1. The molecule has 1 aromatic heterocycles. The maximum atomic E-state index is 12.1. The summed E-state index contributed by atoms with van der Waals surface area (Å²) < 4.78 is 41.5. The van der Waals surface area contributed by atoms with E-state index in [0.717, 1.165) is 0 Å². The molecule has 2 rings (SSSR count). The molecule has 1 heterocycles. The molecule has 0 spiro atoms. The smallest absolute Gasteiger partial charge is 0.403 e. The molecule has 2 aromatic rings. The number of fused-ring (bicyclic) bond motifs is 1. The zero-order valence-corrected chi connectivity index (χ0v) is 8.25. The highest BCUT2D eigenvalue weighted by Gasteiger charge is 2.32. The minimum absolute atomic E-state index is 0.171. The van der Waals surface area contributed by atoms with Gasteiger partial charge < -0.3 is 10.5 Å². The standard InChI is InChI=1S/C9H8F3N3O/c1-15-7-5(8(13)14-15)3-2-4-6(7)16-9(10,11)12/h2-4H,1H3,(H2,13,14). The lowest BCUT2D eigenvalue weighted by Gasteiger charge is -2.10. The van der Waals surface area contributed by atoms with E-state index in [4.69, 9.17) is 5.73 Å². The number of nitrogen functional groups attached to an aromatic ring is 1. The van der Waals surface area contributed by atoms with Crippen LogP contribution < -0.4 is 10.5 Å². The zero-order valence-electron chi connectivity index (χ0n) is 8.25. The van der Waals surface area contributed by atoms with E-state index in [-0.39, 0.29) is 17.1 Å². The number of halogens is 3. The van der Waals surface area contributed by atoms with Gasteiger partial charge in [-0.2, -0.15) is 5.10 Å². The van der Waals surface area contributed by atoms with E-state index >= 15 is 0 Å². The van der Waals surface area contributed by atoms with Crippen molar-refractivity contribution in [1.29, 1.82) is 0 Å². The molecule has 0 unspecified atom stereocenters. The van der Waals surface area contributed by atoms with Crippen molar-refractivity contribution in [3.05, 3.63) is 18.2 Å². The maximum absolute atomic E-state index is 12.1. The molecule has 86 valence electrons. The van der Waals surface area contributed by atoms with E-state index in [0.29, 0.717) is 5.39 Å². The van der Waals surface area contributed by atoms with Crippen molar-refractivity contribution in [1.82, 2.24) is 9.78 Å². The fraction of sp³-hybridized carbons (Fsp3) is 0.222. The number of aromatic nitrogens is 2. The van der Waals surface area contributed by atoms with Crippen molar-refractivity contribution < 1.29 is 17.9 Å². The van der Waals surface area contributed by atoms with Gasteiger partial charge >= 0.3 is 6.36 Å². The van der Waals surface area contributed by atoms with Gasteiger partial charge in [-0.1, -0.05) is 6.07 Å². The number of anilines is 1. The first-order valence-corrected chi connectivity index (χ1v) is 4.35. The third-order valence-electron chi connectivity index (χ3n) is 2.08. The average Bonchev–Trinajstić information content (AvgIpc) is 2.41. The van der Waals surface area contributed by atoms with Crippen LogP contribution in [-0.2, 0) is 7.05 Å². The number of rotatable bonds is 1. The number of aryl methyl sites for hydroxylation is 1. The number of nitrogens with zero attached hydrogens (tertiary/aromatic N) is 2. The Morgan fingerprint density at radius 3 is 2.69 bits per heavy atom. The molecule has 0 amide bonds. The molecular formula is C9H8F3N3O. The summed E-state index contributed by atoms with van der Waals surface area (Å²) in [5.41, 5.74) is 5.76. The van der Waals surface area contributed by atoms with Gasteiger partial charge in [-0.25, -0.2) is 0 Å². The molecule has 0 radical (unpaired) electrons. The quantitative estimate of drug-likeness (QED) is 0.817. The lowest BCUT2D eigenvalue weighted by atomic mass is 10.2. The molecule has 0 atom stereocenters. The van der Waals surface area contributed by atoms with Gasteiger partial charge in [0.05, 0.1) is 0 Å². The first-order chi connectivity index (χ1) is 7.38. The summed E-state index contributed by atoms with van der Waals surface area (Å²) in [4.78, 5) is 0. The molecule has 7 heteroatoms. The summed E-state index contributed by atoms with van der Waals surface area (Å²) in [5, 5.41) is 4.26. The molecule has 2 N–H and O–H groups in total. The monoisotopic (exact) mass is 231 g/mol. The molecule has 0 bridgehead atoms. The molecule has 4 nitrogen and oxygen atoms in total. The van der Waals surface area contributed by atoms with Crippen LogP contribution in [0, 0.1) is 0 Å². The van der Waals surface area contributed by atoms with Crippen LogP contribution in [0.4, 0.5) is 19.0 Å². The molecule has 0 aliphatic heterocycles. The maximum Gasteiger partial charge on any atom is 0.573 e. The van der Waals surface area contributed by atoms with Gasteiger partial charge in [-0.3, -0.25) is 4.68 Å².